The van der Waals surface area contributed by atoms with E-state index < -0.39 is 10.0 Å². The summed E-state index contributed by atoms with van der Waals surface area (Å²) in [6, 6.07) is 14.5. The Morgan fingerprint density at radius 3 is 2.67 bits per heavy atom. The first-order valence-electron chi connectivity index (χ1n) is 7.31. The molecule has 0 radical (unpaired) electrons. The van der Waals surface area contributed by atoms with E-state index in [4.69, 9.17) is 11.6 Å². The quantitative estimate of drug-likeness (QED) is 0.758. The van der Waals surface area contributed by atoms with E-state index in [1.54, 1.807) is 30.6 Å². The summed E-state index contributed by atoms with van der Waals surface area (Å²) < 4.78 is 29.4. The lowest BCUT2D eigenvalue weighted by Crippen LogP contribution is -2.25. The molecule has 0 aliphatic rings. The molecule has 0 saturated carbocycles. The Kier molecular flexibility index (Phi) is 4.71. The first kappa shape index (κ1) is 16.7. The maximum atomic E-state index is 12.5. The molecule has 0 amide bonds. The van der Waals surface area contributed by atoms with Crippen LogP contribution in [-0.2, 0) is 16.6 Å². The minimum absolute atomic E-state index is 0.0640. The van der Waals surface area contributed by atoms with Crippen LogP contribution in [0.25, 0.3) is 5.69 Å². The minimum Gasteiger partial charge on any atom is -0.303 e. The van der Waals surface area contributed by atoms with Crippen molar-refractivity contribution in [2.45, 2.75) is 18.4 Å². The number of aromatic nitrogens is 2. The van der Waals surface area contributed by atoms with Crippen molar-refractivity contribution < 1.29 is 8.42 Å². The molecule has 2 aromatic carbocycles. The molecule has 7 heteroatoms. The number of imidazole rings is 1. The van der Waals surface area contributed by atoms with Crippen molar-refractivity contribution in [1.29, 1.82) is 0 Å². The molecule has 3 rings (SSSR count). The van der Waals surface area contributed by atoms with E-state index in [-0.39, 0.29) is 16.5 Å². The van der Waals surface area contributed by atoms with Crippen LogP contribution < -0.4 is 4.72 Å². The summed E-state index contributed by atoms with van der Waals surface area (Å²) in [5, 5.41) is 0.194. The minimum atomic E-state index is -3.72. The smallest absolute Gasteiger partial charge is 0.242 e. The Bertz CT molecular complexity index is 953. The average molecular weight is 362 g/mol. The van der Waals surface area contributed by atoms with Crippen LogP contribution in [0.1, 0.15) is 11.4 Å². The number of sulfonamides is 1. The molecule has 0 aliphatic carbocycles. The first-order valence-corrected chi connectivity index (χ1v) is 9.17. The van der Waals surface area contributed by atoms with Gasteiger partial charge >= 0.3 is 0 Å². The molecular weight excluding hydrogens is 346 g/mol. The number of aryl methyl sites for hydroxylation is 1. The molecule has 1 heterocycles. The molecule has 0 saturated heterocycles. The van der Waals surface area contributed by atoms with Crippen LogP contribution in [-0.4, -0.2) is 18.0 Å². The topological polar surface area (TPSA) is 64.0 Å². The van der Waals surface area contributed by atoms with Gasteiger partial charge in [0, 0.05) is 18.1 Å². The van der Waals surface area contributed by atoms with Gasteiger partial charge in [0.15, 0.2) is 0 Å². The van der Waals surface area contributed by atoms with E-state index >= 15 is 0 Å². The Balaban J connectivity index is 1.84. The fourth-order valence-corrected chi connectivity index (χ4v) is 3.91. The molecular formula is C17H16ClN3O2S. The second-order valence-electron chi connectivity index (χ2n) is 5.31. The van der Waals surface area contributed by atoms with Crippen molar-refractivity contribution in [3.8, 4) is 5.69 Å². The molecule has 0 unspecified atom stereocenters. The maximum absolute atomic E-state index is 12.5. The zero-order chi connectivity index (χ0) is 17.2. The standard InChI is InChI=1S/C17H16ClN3O2S/c1-13-7-8-15(18)16(11-13)24(22,23)20-12-17-19-9-10-21(17)14-5-3-2-4-6-14/h2-11,20H,12H2,1H3. The summed E-state index contributed by atoms with van der Waals surface area (Å²) in [6.45, 7) is 1.88. The largest absolute Gasteiger partial charge is 0.303 e. The Hall–Kier alpha value is -2.15. The number of hydrogen-bond donors (Lipinski definition) is 1. The Morgan fingerprint density at radius 2 is 1.92 bits per heavy atom. The molecule has 1 N–H and O–H groups in total. The Morgan fingerprint density at radius 1 is 1.17 bits per heavy atom. The van der Waals surface area contributed by atoms with E-state index in [1.807, 2.05) is 41.8 Å². The highest BCUT2D eigenvalue weighted by atomic mass is 35.5. The zero-order valence-electron chi connectivity index (χ0n) is 13.0. The molecule has 0 bridgehead atoms. The fourth-order valence-electron chi connectivity index (χ4n) is 2.34. The van der Waals surface area contributed by atoms with E-state index in [2.05, 4.69) is 9.71 Å². The van der Waals surface area contributed by atoms with Crippen LogP contribution in [0.2, 0.25) is 5.02 Å². The van der Waals surface area contributed by atoms with Gasteiger partial charge in [-0.05, 0) is 36.8 Å². The van der Waals surface area contributed by atoms with Gasteiger partial charge in [0.05, 0.1) is 11.6 Å². The molecule has 0 aliphatic heterocycles. The second-order valence-corrected chi connectivity index (χ2v) is 7.45. The van der Waals surface area contributed by atoms with Gasteiger partial charge in [0.25, 0.3) is 0 Å². The third-order valence-electron chi connectivity index (χ3n) is 3.55. The number of rotatable bonds is 5. The van der Waals surface area contributed by atoms with Gasteiger partial charge in [-0.15, -0.1) is 0 Å². The van der Waals surface area contributed by atoms with Gasteiger partial charge in [-0.3, -0.25) is 0 Å². The molecule has 124 valence electrons. The first-order chi connectivity index (χ1) is 11.5. The van der Waals surface area contributed by atoms with Crippen molar-refractivity contribution in [1.82, 2.24) is 14.3 Å². The van der Waals surface area contributed by atoms with Crippen LogP contribution in [0.5, 0.6) is 0 Å². The van der Waals surface area contributed by atoms with Crippen molar-refractivity contribution in [2.75, 3.05) is 0 Å². The lowest BCUT2D eigenvalue weighted by Gasteiger charge is -2.11. The monoisotopic (exact) mass is 361 g/mol. The molecule has 0 fully saturated rings. The highest BCUT2D eigenvalue weighted by Gasteiger charge is 2.19. The van der Waals surface area contributed by atoms with Crippen LogP contribution in [0.4, 0.5) is 0 Å². The van der Waals surface area contributed by atoms with Crippen molar-refractivity contribution in [2.24, 2.45) is 0 Å². The third kappa shape index (κ3) is 3.51. The van der Waals surface area contributed by atoms with Gasteiger partial charge in [-0.1, -0.05) is 35.9 Å². The molecule has 24 heavy (non-hydrogen) atoms. The van der Waals surface area contributed by atoms with Gasteiger partial charge in [-0.25, -0.2) is 18.1 Å². The number of para-hydroxylation sites is 1. The van der Waals surface area contributed by atoms with E-state index in [0.29, 0.717) is 5.82 Å². The summed E-state index contributed by atoms with van der Waals surface area (Å²) in [5.74, 6) is 0.591. The van der Waals surface area contributed by atoms with Gasteiger partial charge in [-0.2, -0.15) is 0 Å². The van der Waals surface area contributed by atoms with Crippen molar-refractivity contribution in [3.05, 3.63) is 77.3 Å². The van der Waals surface area contributed by atoms with Crippen LogP contribution in [0.15, 0.2) is 65.8 Å². The maximum Gasteiger partial charge on any atom is 0.242 e. The SMILES string of the molecule is Cc1ccc(Cl)c(S(=O)(=O)NCc2nccn2-c2ccccc2)c1. The van der Waals surface area contributed by atoms with Gasteiger partial charge in [0.2, 0.25) is 10.0 Å². The molecule has 0 atom stereocenters. The number of nitrogens with zero attached hydrogens (tertiary/aromatic N) is 2. The molecule has 5 nitrogen and oxygen atoms in total. The highest BCUT2D eigenvalue weighted by Crippen LogP contribution is 2.22. The Labute approximate surface area is 146 Å². The van der Waals surface area contributed by atoms with E-state index in [1.165, 1.54) is 0 Å². The summed E-state index contributed by atoms with van der Waals surface area (Å²) in [7, 11) is -3.72. The normalized spacial score (nSPS) is 11.6. The summed E-state index contributed by atoms with van der Waals surface area (Å²) >= 11 is 6.03. The summed E-state index contributed by atoms with van der Waals surface area (Å²) in [4.78, 5) is 4.30. The number of halogens is 1. The summed E-state index contributed by atoms with van der Waals surface area (Å²) in [5.41, 5.74) is 1.74. The average Bonchev–Trinajstić information content (AvgIpc) is 3.04. The molecule has 0 spiro atoms. The lowest BCUT2D eigenvalue weighted by atomic mass is 10.2. The predicted octanol–water partition coefficient (Wildman–Crippen LogP) is 3.31. The number of hydrogen-bond acceptors (Lipinski definition) is 3. The van der Waals surface area contributed by atoms with Crippen LogP contribution in [0.3, 0.4) is 0 Å². The van der Waals surface area contributed by atoms with Crippen LogP contribution >= 0.6 is 11.6 Å². The highest BCUT2D eigenvalue weighted by molar-refractivity contribution is 7.89. The van der Waals surface area contributed by atoms with Crippen molar-refractivity contribution >= 4 is 21.6 Å². The molecule has 3 aromatic rings. The number of benzene rings is 2. The summed E-state index contributed by atoms with van der Waals surface area (Å²) in [6.07, 6.45) is 3.43. The molecule has 1 aromatic heterocycles. The zero-order valence-corrected chi connectivity index (χ0v) is 14.6. The van der Waals surface area contributed by atoms with Crippen LogP contribution in [0, 0.1) is 6.92 Å². The van der Waals surface area contributed by atoms with E-state index in [9.17, 15) is 8.42 Å². The van der Waals surface area contributed by atoms with Crippen molar-refractivity contribution in [3.63, 3.8) is 0 Å². The van der Waals surface area contributed by atoms with E-state index in [0.717, 1.165) is 11.3 Å². The van der Waals surface area contributed by atoms with Gasteiger partial charge < -0.3 is 4.57 Å². The lowest BCUT2D eigenvalue weighted by molar-refractivity contribution is 0.578. The predicted molar refractivity (Wildman–Crippen MR) is 93.8 cm³/mol. The fraction of sp³-hybridized carbons (Fsp3) is 0.118. The number of nitrogens with one attached hydrogen (secondary N) is 1. The third-order valence-corrected chi connectivity index (χ3v) is 5.43. The van der Waals surface area contributed by atoms with Gasteiger partial charge in [0.1, 0.15) is 10.7 Å². The second kappa shape index (κ2) is 6.76.